The molecule has 4 aromatic rings. The van der Waals surface area contributed by atoms with Crippen molar-refractivity contribution < 1.29 is 9.69 Å². The lowest BCUT2D eigenvalue weighted by molar-refractivity contribution is -0.670. The molecule has 2 heterocycles. The van der Waals surface area contributed by atoms with Gasteiger partial charge >= 0.3 is 0 Å². The molecule has 9 heteroatoms. The van der Waals surface area contributed by atoms with Crippen molar-refractivity contribution in [2.75, 3.05) is 0 Å². The molecule has 0 amide bonds. The third-order valence-corrected chi connectivity index (χ3v) is 3.67. The molecular formula is C17H15ClN6O2. The third-order valence-electron chi connectivity index (χ3n) is 3.41. The lowest BCUT2D eigenvalue weighted by Crippen LogP contribution is -2.27. The Kier molecular flexibility index (Phi) is 5.14. The first kappa shape index (κ1) is 17.4. The van der Waals surface area contributed by atoms with Crippen LogP contribution in [0.1, 0.15) is 5.69 Å². The van der Waals surface area contributed by atoms with E-state index in [-0.39, 0.29) is 0 Å². The molecule has 0 unspecified atom stereocenters. The summed E-state index contributed by atoms with van der Waals surface area (Å²) in [6.45, 7) is 1.84. The number of nitrogens with zero attached hydrogens (tertiary/aromatic N) is 6. The zero-order valence-corrected chi connectivity index (χ0v) is 14.6. The number of benzene rings is 2. The van der Waals surface area contributed by atoms with Crippen LogP contribution in [0.3, 0.4) is 0 Å². The fourth-order valence-electron chi connectivity index (χ4n) is 2.27. The van der Waals surface area contributed by atoms with E-state index in [4.69, 9.17) is 11.6 Å². The van der Waals surface area contributed by atoms with Gasteiger partial charge in [0.1, 0.15) is 5.21 Å². The van der Waals surface area contributed by atoms with Crippen molar-refractivity contribution in [3.63, 3.8) is 0 Å². The summed E-state index contributed by atoms with van der Waals surface area (Å²) in [5.41, 5.74) is 2.48. The molecule has 0 atom stereocenters. The van der Waals surface area contributed by atoms with Gasteiger partial charge in [0.15, 0.2) is 29.5 Å². The van der Waals surface area contributed by atoms with Gasteiger partial charge < -0.3 is 10.4 Å². The molecule has 2 aromatic carbocycles. The van der Waals surface area contributed by atoms with Crippen LogP contribution in [0.2, 0.25) is 5.15 Å². The van der Waals surface area contributed by atoms with Gasteiger partial charge in [0, 0.05) is 6.92 Å². The monoisotopic (exact) mass is 370 g/mol. The smallest absolute Gasteiger partial charge is 0.264 e. The molecule has 132 valence electrons. The van der Waals surface area contributed by atoms with Crippen LogP contribution in [0.15, 0.2) is 73.1 Å². The summed E-state index contributed by atoms with van der Waals surface area (Å²) in [5, 5.41) is 29.3. The highest BCUT2D eigenvalue weighted by atomic mass is 35.5. The molecule has 0 bridgehead atoms. The summed E-state index contributed by atoms with van der Waals surface area (Å²) in [6.07, 6.45) is 2.64. The highest BCUT2D eigenvalue weighted by Gasteiger charge is 2.12. The molecule has 2 aromatic heterocycles. The van der Waals surface area contributed by atoms with Crippen molar-refractivity contribution in [3.8, 4) is 11.4 Å². The van der Waals surface area contributed by atoms with Gasteiger partial charge in [-0.3, -0.25) is 0 Å². The summed E-state index contributed by atoms with van der Waals surface area (Å²) in [4.78, 5) is 0.984. The van der Waals surface area contributed by atoms with E-state index < -0.39 is 0 Å². The predicted octanol–water partition coefficient (Wildman–Crippen LogP) is 1.97. The molecule has 0 N–H and O–H groups in total. The number of aromatic nitrogens is 6. The first-order valence-corrected chi connectivity index (χ1v) is 8.04. The van der Waals surface area contributed by atoms with Crippen LogP contribution in [0.5, 0.6) is 0 Å². The standard InChI is InChI=1S/C9H9N3O.C8H6ClN3O/c1-8-7-11(13)10-12(8)9-5-3-2-4-6-9;9-8-6-11(13)10-12(8)7-4-2-1-3-5-7/h2-7H,1H3;1-6H. The molecule has 0 saturated heterocycles. The van der Waals surface area contributed by atoms with Crippen LogP contribution in [0, 0.1) is 17.3 Å². The summed E-state index contributed by atoms with van der Waals surface area (Å²) in [7, 11) is 0. The first-order chi connectivity index (χ1) is 12.5. The highest BCUT2D eigenvalue weighted by molar-refractivity contribution is 6.29. The topological polar surface area (TPSA) is 89.5 Å². The lowest BCUT2D eigenvalue weighted by Gasteiger charge is -1.93. The second-order valence-corrected chi connectivity index (χ2v) is 5.69. The van der Waals surface area contributed by atoms with Crippen LogP contribution in [-0.2, 0) is 0 Å². The van der Waals surface area contributed by atoms with Crippen LogP contribution < -0.4 is 9.69 Å². The Hall–Kier alpha value is -3.39. The molecule has 0 aliphatic carbocycles. The molecular weight excluding hydrogens is 356 g/mol. The number of para-hydroxylation sites is 2. The fourth-order valence-corrected chi connectivity index (χ4v) is 2.49. The Balaban J connectivity index is 0.000000151. The van der Waals surface area contributed by atoms with Crippen molar-refractivity contribution in [2.24, 2.45) is 0 Å². The Morgan fingerprint density at radius 2 is 1.23 bits per heavy atom. The maximum atomic E-state index is 10.9. The molecule has 0 aliphatic heterocycles. The number of aryl methyl sites for hydroxylation is 1. The van der Waals surface area contributed by atoms with Crippen LogP contribution in [0.25, 0.3) is 11.4 Å². The van der Waals surface area contributed by atoms with Crippen molar-refractivity contribution in [1.29, 1.82) is 0 Å². The quantitative estimate of drug-likeness (QED) is 0.398. The van der Waals surface area contributed by atoms with E-state index in [0.29, 0.717) is 14.8 Å². The summed E-state index contributed by atoms with van der Waals surface area (Å²) in [5.74, 6) is 0. The van der Waals surface area contributed by atoms with Crippen LogP contribution in [0.4, 0.5) is 0 Å². The number of hydrogen-bond donors (Lipinski definition) is 0. The van der Waals surface area contributed by atoms with Gasteiger partial charge in [0.25, 0.3) is 5.15 Å². The van der Waals surface area contributed by atoms with Gasteiger partial charge in [-0.25, -0.2) is 0 Å². The first-order valence-electron chi connectivity index (χ1n) is 7.66. The number of hydrogen-bond acceptors (Lipinski definition) is 4. The average molecular weight is 371 g/mol. The number of rotatable bonds is 2. The number of halogens is 1. The van der Waals surface area contributed by atoms with E-state index in [1.165, 1.54) is 17.1 Å². The lowest BCUT2D eigenvalue weighted by atomic mass is 10.3. The van der Waals surface area contributed by atoms with Gasteiger partial charge in [0.2, 0.25) is 0 Å². The van der Waals surface area contributed by atoms with E-state index in [1.807, 2.05) is 67.6 Å². The Bertz CT molecular complexity index is 903. The van der Waals surface area contributed by atoms with Crippen molar-refractivity contribution in [3.05, 3.63) is 94.3 Å². The predicted molar refractivity (Wildman–Crippen MR) is 94.8 cm³/mol. The summed E-state index contributed by atoms with van der Waals surface area (Å²) >= 11 is 5.76. The van der Waals surface area contributed by atoms with Crippen molar-refractivity contribution in [1.82, 2.24) is 19.8 Å². The fraction of sp³-hybridized carbons (Fsp3) is 0.0588. The zero-order chi connectivity index (χ0) is 18.5. The minimum atomic E-state index is 0.293. The highest BCUT2D eigenvalue weighted by Crippen LogP contribution is 2.11. The maximum Gasteiger partial charge on any atom is 0.264 e. The van der Waals surface area contributed by atoms with E-state index >= 15 is 0 Å². The van der Waals surface area contributed by atoms with Crippen molar-refractivity contribution >= 4 is 11.6 Å². The Morgan fingerprint density at radius 1 is 0.769 bits per heavy atom. The van der Waals surface area contributed by atoms with Gasteiger partial charge in [0.05, 0.1) is 5.21 Å². The van der Waals surface area contributed by atoms with E-state index in [9.17, 15) is 10.4 Å². The third kappa shape index (κ3) is 3.98. The van der Waals surface area contributed by atoms with Crippen molar-refractivity contribution in [2.45, 2.75) is 6.92 Å². The van der Waals surface area contributed by atoms with Gasteiger partial charge in [-0.15, -0.1) is 9.69 Å². The minimum absolute atomic E-state index is 0.293. The molecule has 0 spiro atoms. The maximum absolute atomic E-state index is 10.9. The largest absolute Gasteiger partial charge is 0.691 e. The average Bonchev–Trinajstić information content (AvgIpc) is 3.17. The molecule has 0 radical (unpaired) electrons. The molecule has 26 heavy (non-hydrogen) atoms. The van der Waals surface area contributed by atoms with Gasteiger partial charge in [-0.05, 0) is 35.9 Å². The molecule has 0 aliphatic rings. The zero-order valence-electron chi connectivity index (χ0n) is 13.8. The van der Waals surface area contributed by atoms with E-state index in [2.05, 4.69) is 10.4 Å². The van der Waals surface area contributed by atoms with Crippen LogP contribution >= 0.6 is 11.6 Å². The second kappa shape index (κ2) is 7.66. The normalized spacial score (nSPS) is 10.2. The SMILES string of the molecule is Cc1c[n+]([O-])nn1-c1ccccc1.[O-][n+]1cc(Cl)n(-c2ccccc2)n1. The second-order valence-electron chi connectivity index (χ2n) is 5.30. The molecule has 4 rings (SSSR count). The van der Waals surface area contributed by atoms with Gasteiger partial charge in [-0.1, -0.05) is 45.8 Å². The van der Waals surface area contributed by atoms with Gasteiger partial charge in [-0.2, -0.15) is 0 Å². The van der Waals surface area contributed by atoms with Crippen LogP contribution in [-0.4, -0.2) is 19.8 Å². The van der Waals surface area contributed by atoms with E-state index in [1.54, 1.807) is 4.68 Å². The Morgan fingerprint density at radius 3 is 1.65 bits per heavy atom. The molecule has 0 fully saturated rings. The molecule has 8 nitrogen and oxygen atoms in total. The Labute approximate surface area is 154 Å². The summed E-state index contributed by atoms with van der Waals surface area (Å²) < 4.78 is 2.97. The minimum Gasteiger partial charge on any atom is -0.691 e. The summed E-state index contributed by atoms with van der Waals surface area (Å²) in [6, 6.07) is 18.8. The molecule has 0 saturated carbocycles. The van der Waals surface area contributed by atoms with E-state index in [0.717, 1.165) is 17.1 Å².